The maximum Gasteiger partial charge on any atom is 0.208 e. The lowest BCUT2D eigenvalue weighted by Crippen LogP contribution is -1.84. The minimum atomic E-state index is 0.738. The first kappa shape index (κ1) is 14.6. The summed E-state index contributed by atoms with van der Waals surface area (Å²) in [6.45, 7) is 2.05. The van der Waals surface area contributed by atoms with Crippen molar-refractivity contribution in [3.63, 3.8) is 0 Å². The molecule has 0 aliphatic heterocycles. The Balaban J connectivity index is 1.66. The molecule has 108 valence electrons. The molecule has 1 N–H and O–H groups in total. The van der Waals surface area contributed by atoms with Crippen molar-refractivity contribution in [1.82, 2.24) is 20.2 Å². The molecule has 3 rings (SSSR count). The molecule has 0 aliphatic rings. The fraction of sp³-hybridized carbons (Fsp3) is 0.214. The summed E-state index contributed by atoms with van der Waals surface area (Å²) in [6, 6.07) is 7.74. The van der Waals surface area contributed by atoms with E-state index in [0.29, 0.717) is 0 Å². The van der Waals surface area contributed by atoms with Crippen LogP contribution in [0.5, 0.6) is 0 Å². The molecule has 0 bridgehead atoms. The molecule has 0 saturated heterocycles. The molecule has 0 radical (unpaired) electrons. The van der Waals surface area contributed by atoms with Crippen LogP contribution in [-0.4, -0.2) is 20.2 Å². The molecule has 2 aromatic heterocycles. The predicted molar refractivity (Wildman–Crippen MR) is 87.9 cm³/mol. The number of rotatable bonds is 5. The van der Waals surface area contributed by atoms with Gasteiger partial charge in [-0.05, 0) is 12.1 Å². The van der Waals surface area contributed by atoms with Gasteiger partial charge in [0.25, 0.3) is 0 Å². The lowest BCUT2D eigenvalue weighted by atomic mass is 10.2. The van der Waals surface area contributed by atoms with Crippen molar-refractivity contribution in [3.8, 4) is 10.6 Å². The summed E-state index contributed by atoms with van der Waals surface area (Å²) >= 11 is 9.13. The second-order valence-electron chi connectivity index (χ2n) is 4.36. The van der Waals surface area contributed by atoms with Gasteiger partial charge in [0, 0.05) is 28.1 Å². The highest BCUT2D eigenvalue weighted by atomic mass is 35.5. The zero-order valence-corrected chi connectivity index (χ0v) is 13.7. The number of hydrogen-bond donors (Lipinski definition) is 1. The number of aryl methyl sites for hydroxylation is 1. The maximum atomic E-state index is 5.90. The number of aromatic amines is 1. The number of hydrogen-bond acceptors (Lipinski definition) is 5. The third kappa shape index (κ3) is 3.64. The van der Waals surface area contributed by atoms with Crippen molar-refractivity contribution in [2.45, 2.75) is 24.3 Å². The number of thiazole rings is 1. The molecule has 1 aromatic carbocycles. The average molecular weight is 337 g/mol. The highest BCUT2D eigenvalue weighted by Gasteiger charge is 2.07. The summed E-state index contributed by atoms with van der Waals surface area (Å²) in [7, 11) is 0. The van der Waals surface area contributed by atoms with Gasteiger partial charge < -0.3 is 0 Å². The molecular formula is C14H13ClN4S2. The van der Waals surface area contributed by atoms with E-state index < -0.39 is 0 Å². The van der Waals surface area contributed by atoms with Crippen LogP contribution < -0.4 is 0 Å². The number of halogens is 1. The van der Waals surface area contributed by atoms with E-state index >= 15 is 0 Å². The van der Waals surface area contributed by atoms with Crippen molar-refractivity contribution in [3.05, 3.63) is 46.2 Å². The van der Waals surface area contributed by atoms with Gasteiger partial charge in [0.2, 0.25) is 5.16 Å². The number of H-pyrrole nitrogens is 1. The van der Waals surface area contributed by atoms with E-state index in [4.69, 9.17) is 11.6 Å². The zero-order chi connectivity index (χ0) is 14.7. The Morgan fingerprint density at radius 3 is 2.76 bits per heavy atom. The van der Waals surface area contributed by atoms with Crippen molar-refractivity contribution in [2.75, 3.05) is 0 Å². The number of benzene rings is 1. The molecule has 2 heterocycles. The first-order valence-electron chi connectivity index (χ1n) is 6.49. The van der Waals surface area contributed by atoms with Gasteiger partial charge in [0.1, 0.15) is 10.8 Å². The van der Waals surface area contributed by atoms with Crippen LogP contribution >= 0.6 is 34.7 Å². The Kier molecular flexibility index (Phi) is 4.57. The average Bonchev–Trinajstić information content (AvgIpc) is 3.15. The molecule has 4 nitrogen and oxygen atoms in total. The van der Waals surface area contributed by atoms with Crippen molar-refractivity contribution >= 4 is 34.7 Å². The number of aromatic nitrogens is 4. The summed E-state index contributed by atoms with van der Waals surface area (Å²) in [6.07, 6.45) is 0.866. The normalized spacial score (nSPS) is 11.0. The summed E-state index contributed by atoms with van der Waals surface area (Å²) in [4.78, 5) is 9.02. The first-order chi connectivity index (χ1) is 10.2. The van der Waals surface area contributed by atoms with E-state index in [1.807, 2.05) is 31.2 Å². The van der Waals surface area contributed by atoms with Gasteiger partial charge in [-0.3, -0.25) is 5.10 Å². The van der Waals surface area contributed by atoms with Crippen LogP contribution in [0.1, 0.15) is 18.4 Å². The van der Waals surface area contributed by atoms with Gasteiger partial charge in [-0.2, -0.15) is 0 Å². The standard InChI is InChI=1S/C14H13ClN4S2/c1-2-12-17-14(19-18-12)21-8-11-7-20-13(16-11)9-3-5-10(15)6-4-9/h3-7H,2,8H2,1H3,(H,17,18,19). The van der Waals surface area contributed by atoms with Gasteiger partial charge in [0.05, 0.1) is 5.69 Å². The topological polar surface area (TPSA) is 54.5 Å². The minimum absolute atomic E-state index is 0.738. The monoisotopic (exact) mass is 336 g/mol. The van der Waals surface area contributed by atoms with Gasteiger partial charge in [-0.25, -0.2) is 9.97 Å². The highest BCUT2D eigenvalue weighted by molar-refractivity contribution is 7.98. The molecule has 0 amide bonds. The summed E-state index contributed by atoms with van der Waals surface area (Å²) < 4.78 is 0. The van der Waals surface area contributed by atoms with Gasteiger partial charge in [-0.15, -0.1) is 16.4 Å². The molecule has 0 aliphatic carbocycles. The van der Waals surface area contributed by atoms with E-state index in [2.05, 4.69) is 25.5 Å². The molecule has 0 unspecified atom stereocenters. The van der Waals surface area contributed by atoms with E-state index in [0.717, 1.165) is 44.4 Å². The molecule has 0 saturated carbocycles. The zero-order valence-electron chi connectivity index (χ0n) is 11.3. The van der Waals surface area contributed by atoms with E-state index in [-0.39, 0.29) is 0 Å². The third-order valence-electron chi connectivity index (χ3n) is 2.84. The Bertz CT molecular complexity index is 721. The predicted octanol–water partition coefficient (Wildman–Crippen LogP) is 4.44. The molecule has 21 heavy (non-hydrogen) atoms. The van der Waals surface area contributed by atoms with Gasteiger partial charge >= 0.3 is 0 Å². The summed E-state index contributed by atoms with van der Waals surface area (Å²) in [5, 5.41) is 11.7. The minimum Gasteiger partial charge on any atom is -0.262 e. The largest absolute Gasteiger partial charge is 0.262 e. The van der Waals surface area contributed by atoms with E-state index in [1.54, 1.807) is 23.1 Å². The molecule has 3 aromatic rings. The van der Waals surface area contributed by atoms with Crippen LogP contribution in [0.25, 0.3) is 10.6 Å². The van der Waals surface area contributed by atoms with Crippen LogP contribution in [0.15, 0.2) is 34.8 Å². The SMILES string of the molecule is CCc1nc(SCc2csc(-c3ccc(Cl)cc3)n2)n[nH]1. The van der Waals surface area contributed by atoms with Crippen molar-refractivity contribution in [2.24, 2.45) is 0 Å². The Labute approximate surface area is 136 Å². The second-order valence-corrected chi connectivity index (χ2v) is 6.59. The summed E-state index contributed by atoms with van der Waals surface area (Å²) in [5.74, 6) is 1.68. The molecular weight excluding hydrogens is 324 g/mol. The fourth-order valence-electron chi connectivity index (χ4n) is 1.74. The van der Waals surface area contributed by atoms with Crippen LogP contribution in [0.3, 0.4) is 0 Å². The van der Waals surface area contributed by atoms with Crippen molar-refractivity contribution in [1.29, 1.82) is 0 Å². The summed E-state index contributed by atoms with van der Waals surface area (Å²) in [5.41, 5.74) is 2.13. The van der Waals surface area contributed by atoms with E-state index in [1.165, 1.54) is 0 Å². The Hall–Kier alpha value is -1.37. The number of nitrogens with one attached hydrogen (secondary N) is 1. The number of thioether (sulfide) groups is 1. The number of nitrogens with zero attached hydrogens (tertiary/aromatic N) is 3. The fourth-order valence-corrected chi connectivity index (χ4v) is 3.50. The first-order valence-corrected chi connectivity index (χ1v) is 8.73. The van der Waals surface area contributed by atoms with Crippen LogP contribution in [0.2, 0.25) is 5.02 Å². The van der Waals surface area contributed by atoms with Gasteiger partial charge in [0.15, 0.2) is 0 Å². The molecule has 7 heteroatoms. The lowest BCUT2D eigenvalue weighted by Gasteiger charge is -1.96. The van der Waals surface area contributed by atoms with Crippen LogP contribution in [-0.2, 0) is 12.2 Å². The second kappa shape index (κ2) is 6.60. The maximum absolute atomic E-state index is 5.90. The third-order valence-corrected chi connectivity index (χ3v) is 4.91. The van der Waals surface area contributed by atoms with Crippen molar-refractivity contribution < 1.29 is 0 Å². The Morgan fingerprint density at radius 2 is 2.05 bits per heavy atom. The smallest absolute Gasteiger partial charge is 0.208 e. The highest BCUT2D eigenvalue weighted by Crippen LogP contribution is 2.27. The van der Waals surface area contributed by atoms with Crippen LogP contribution in [0, 0.1) is 0 Å². The Morgan fingerprint density at radius 1 is 1.24 bits per heavy atom. The van der Waals surface area contributed by atoms with Crippen LogP contribution in [0.4, 0.5) is 0 Å². The lowest BCUT2D eigenvalue weighted by molar-refractivity contribution is 0.941. The molecule has 0 spiro atoms. The quantitative estimate of drug-likeness (QED) is 0.700. The molecule has 0 fully saturated rings. The molecule has 0 atom stereocenters. The van der Waals surface area contributed by atoms with E-state index in [9.17, 15) is 0 Å². The van der Waals surface area contributed by atoms with Gasteiger partial charge in [-0.1, -0.05) is 42.4 Å².